The van der Waals surface area contributed by atoms with Crippen LogP contribution in [0.5, 0.6) is 11.5 Å². The highest BCUT2D eigenvalue weighted by molar-refractivity contribution is 7.89. The van der Waals surface area contributed by atoms with E-state index in [-0.39, 0.29) is 40.8 Å². The summed E-state index contributed by atoms with van der Waals surface area (Å²) in [6.45, 7) is 7.81. The van der Waals surface area contributed by atoms with E-state index in [1.54, 1.807) is 22.8 Å². The van der Waals surface area contributed by atoms with E-state index in [1.807, 2.05) is 39.0 Å². The summed E-state index contributed by atoms with van der Waals surface area (Å²) in [5, 5.41) is 2.98. The first-order valence-corrected chi connectivity index (χ1v) is 14.5. The van der Waals surface area contributed by atoms with Gasteiger partial charge in [0.25, 0.3) is 5.91 Å². The van der Waals surface area contributed by atoms with Crippen LogP contribution in [0.1, 0.15) is 37.6 Å². The smallest absolute Gasteiger partial charge is 0.256 e. The maximum Gasteiger partial charge on any atom is 0.256 e. The van der Waals surface area contributed by atoms with Crippen molar-refractivity contribution >= 4 is 26.8 Å². The number of carbonyl (C=O) groups is 1. The van der Waals surface area contributed by atoms with Crippen molar-refractivity contribution < 1.29 is 22.7 Å². The fourth-order valence-electron chi connectivity index (χ4n) is 5.38. The molecule has 0 spiro atoms. The molecule has 10 heteroatoms. The van der Waals surface area contributed by atoms with Crippen LogP contribution in [0.4, 0.5) is 0 Å². The monoisotopic (exact) mass is 539 g/mol. The quantitative estimate of drug-likeness (QED) is 0.515. The first kappa shape index (κ1) is 26.2. The van der Waals surface area contributed by atoms with Gasteiger partial charge in [0, 0.05) is 31.2 Å². The molecule has 0 bridgehead atoms. The number of benzene rings is 2. The van der Waals surface area contributed by atoms with Gasteiger partial charge in [0.15, 0.2) is 11.5 Å². The van der Waals surface area contributed by atoms with Gasteiger partial charge in [-0.05, 0) is 55.5 Å². The Kier molecular flexibility index (Phi) is 7.19. The highest BCUT2D eigenvalue weighted by Gasteiger charge is 2.32. The van der Waals surface area contributed by atoms with E-state index in [0.29, 0.717) is 36.6 Å². The minimum Gasteiger partial charge on any atom is -0.486 e. The van der Waals surface area contributed by atoms with Gasteiger partial charge in [-0.3, -0.25) is 9.59 Å². The highest BCUT2D eigenvalue weighted by Crippen LogP contribution is 2.31. The van der Waals surface area contributed by atoms with E-state index >= 15 is 0 Å². The lowest BCUT2D eigenvalue weighted by molar-refractivity contribution is 0.0788. The van der Waals surface area contributed by atoms with Gasteiger partial charge in [0.05, 0.1) is 17.0 Å². The maximum absolute atomic E-state index is 13.5. The molecule has 5 rings (SSSR count). The Balaban J connectivity index is 1.42. The van der Waals surface area contributed by atoms with E-state index in [1.165, 1.54) is 16.6 Å². The second-order valence-electron chi connectivity index (χ2n) is 10.3. The molecule has 2 aliphatic rings. The van der Waals surface area contributed by atoms with Crippen LogP contribution in [0.3, 0.4) is 0 Å². The molecule has 0 unspecified atom stereocenters. The van der Waals surface area contributed by atoms with Crippen molar-refractivity contribution in [3.63, 3.8) is 0 Å². The fraction of sp³-hybridized carbons (Fsp3) is 0.429. The minimum atomic E-state index is -3.78. The molecule has 0 aliphatic carbocycles. The number of fused-ring (bicyclic) bond motifs is 2. The molecule has 1 amide bonds. The zero-order valence-corrected chi connectivity index (χ0v) is 22.7. The molecule has 9 nitrogen and oxygen atoms in total. The first-order chi connectivity index (χ1) is 18.2. The number of sulfonamides is 1. The number of hydrogen-bond acceptors (Lipinski definition) is 6. The van der Waals surface area contributed by atoms with Gasteiger partial charge in [-0.2, -0.15) is 4.31 Å². The number of aromatic nitrogens is 1. The van der Waals surface area contributed by atoms with Gasteiger partial charge in [-0.25, -0.2) is 8.42 Å². The Bertz CT molecular complexity index is 1520. The van der Waals surface area contributed by atoms with E-state index < -0.39 is 27.5 Å². The van der Waals surface area contributed by atoms with E-state index in [0.717, 1.165) is 6.42 Å². The molecule has 1 N–H and O–H groups in total. The molecule has 0 radical (unpaired) electrons. The van der Waals surface area contributed by atoms with E-state index in [9.17, 15) is 18.0 Å². The second-order valence-corrected chi connectivity index (χ2v) is 12.3. The summed E-state index contributed by atoms with van der Waals surface area (Å²) < 4.78 is 41.8. The molecule has 38 heavy (non-hydrogen) atoms. The Morgan fingerprint density at radius 3 is 2.50 bits per heavy atom. The Morgan fingerprint density at radius 2 is 1.79 bits per heavy atom. The number of piperidine rings is 1. The lowest BCUT2D eigenvalue weighted by Gasteiger charge is -2.34. The Hall–Kier alpha value is -3.37. The number of aryl methyl sites for hydroxylation is 1. The number of pyridine rings is 1. The maximum atomic E-state index is 13.5. The number of hydrogen-bond donors (Lipinski definition) is 1. The number of para-hydroxylation sites is 2. The third kappa shape index (κ3) is 5.02. The zero-order chi connectivity index (χ0) is 27.0. The molecule has 1 aromatic heterocycles. The number of nitrogens with zero attached hydrogens (tertiary/aromatic N) is 2. The predicted octanol–water partition coefficient (Wildman–Crippen LogP) is 3.26. The molecule has 3 aromatic rings. The van der Waals surface area contributed by atoms with Crippen molar-refractivity contribution in [3.8, 4) is 11.5 Å². The lowest BCUT2D eigenvalue weighted by Crippen LogP contribution is -2.42. The molecule has 202 valence electrons. The Morgan fingerprint density at radius 1 is 1.08 bits per heavy atom. The molecular formula is C28H33N3O6S. The molecular weight excluding hydrogens is 506 g/mol. The predicted molar refractivity (Wildman–Crippen MR) is 144 cm³/mol. The van der Waals surface area contributed by atoms with Crippen molar-refractivity contribution in [1.29, 1.82) is 0 Å². The van der Waals surface area contributed by atoms with Crippen LogP contribution in [0.2, 0.25) is 0 Å². The van der Waals surface area contributed by atoms with Crippen molar-refractivity contribution in [2.24, 2.45) is 11.8 Å². The van der Waals surface area contributed by atoms with Gasteiger partial charge in [0.2, 0.25) is 15.5 Å². The van der Waals surface area contributed by atoms with Crippen LogP contribution in [-0.4, -0.2) is 55.5 Å². The fourth-order valence-corrected chi connectivity index (χ4v) is 7.08. The summed E-state index contributed by atoms with van der Waals surface area (Å²) in [6.07, 6.45) is 2.10. The average molecular weight is 540 g/mol. The molecule has 2 aliphatic heterocycles. The molecule has 1 saturated heterocycles. The standard InChI is InChI=1S/C28H33N3O6S/c1-4-30-16-23(28(33)29-13-20-17-36-25-7-5-6-8-26(25)37-20)27(32)22-12-21(9-10-24(22)30)38(34,35)31-14-18(2)11-19(3)15-31/h5-10,12,16,18-20H,4,11,13-15,17H2,1-3H3,(H,29,33)/t18-,19-,20-/m1/s1. The minimum absolute atomic E-state index is 0.0498. The summed E-state index contributed by atoms with van der Waals surface area (Å²) in [5.41, 5.74) is 0.0195. The lowest BCUT2D eigenvalue weighted by atomic mass is 9.94. The molecule has 2 aromatic carbocycles. The summed E-state index contributed by atoms with van der Waals surface area (Å²) in [6, 6.07) is 11.9. The zero-order valence-electron chi connectivity index (χ0n) is 21.8. The van der Waals surface area contributed by atoms with Gasteiger partial charge >= 0.3 is 0 Å². The Labute approximate surface area is 222 Å². The molecule has 1 fully saturated rings. The summed E-state index contributed by atoms with van der Waals surface area (Å²) in [5.74, 6) is 1.22. The third-order valence-corrected chi connectivity index (χ3v) is 9.00. The van der Waals surface area contributed by atoms with Crippen LogP contribution in [0.15, 0.2) is 58.4 Å². The summed E-state index contributed by atoms with van der Waals surface area (Å²) >= 11 is 0. The van der Waals surface area contributed by atoms with E-state index in [2.05, 4.69) is 5.32 Å². The number of carbonyl (C=O) groups excluding carboxylic acids is 1. The molecule has 3 atom stereocenters. The topological polar surface area (TPSA) is 107 Å². The van der Waals surface area contributed by atoms with Crippen LogP contribution >= 0.6 is 0 Å². The average Bonchev–Trinajstić information content (AvgIpc) is 2.91. The normalized spacial score (nSPS) is 21.8. The van der Waals surface area contributed by atoms with Crippen LogP contribution in [-0.2, 0) is 16.6 Å². The van der Waals surface area contributed by atoms with Crippen LogP contribution < -0.4 is 20.2 Å². The number of amides is 1. The number of rotatable bonds is 6. The van der Waals surface area contributed by atoms with Crippen LogP contribution in [0, 0.1) is 11.8 Å². The van der Waals surface area contributed by atoms with Crippen molar-refractivity contribution in [1.82, 2.24) is 14.2 Å². The van der Waals surface area contributed by atoms with Crippen molar-refractivity contribution in [2.45, 2.75) is 44.7 Å². The largest absolute Gasteiger partial charge is 0.486 e. The van der Waals surface area contributed by atoms with Crippen molar-refractivity contribution in [2.75, 3.05) is 26.2 Å². The van der Waals surface area contributed by atoms with Crippen molar-refractivity contribution in [3.05, 3.63) is 64.4 Å². The SMILES string of the molecule is CCn1cc(C(=O)NC[C@@H]2COc3ccccc3O2)c(=O)c2cc(S(=O)(=O)N3C[C@H](C)C[C@@H](C)C3)ccc21. The first-order valence-electron chi connectivity index (χ1n) is 13.0. The van der Waals surface area contributed by atoms with Gasteiger partial charge in [-0.15, -0.1) is 0 Å². The molecule has 3 heterocycles. The third-order valence-electron chi connectivity index (χ3n) is 7.17. The summed E-state index contributed by atoms with van der Waals surface area (Å²) in [4.78, 5) is 26.7. The number of ether oxygens (including phenoxy) is 2. The summed E-state index contributed by atoms with van der Waals surface area (Å²) in [7, 11) is -3.78. The van der Waals surface area contributed by atoms with E-state index in [4.69, 9.17) is 9.47 Å². The molecule has 0 saturated carbocycles. The highest BCUT2D eigenvalue weighted by atomic mass is 32.2. The second kappa shape index (κ2) is 10.4. The van der Waals surface area contributed by atoms with Gasteiger partial charge < -0.3 is 19.4 Å². The van der Waals surface area contributed by atoms with Gasteiger partial charge in [-0.1, -0.05) is 26.0 Å². The van der Waals surface area contributed by atoms with Crippen LogP contribution in [0.25, 0.3) is 10.9 Å². The van der Waals surface area contributed by atoms with Gasteiger partial charge in [0.1, 0.15) is 18.3 Å². The number of nitrogens with one attached hydrogen (secondary N) is 1.